The molecule has 4 aromatic carbocycles. The van der Waals surface area contributed by atoms with Crippen LogP contribution in [0.25, 0.3) is 0 Å². The van der Waals surface area contributed by atoms with Crippen LogP contribution in [0, 0.1) is 0 Å². The van der Waals surface area contributed by atoms with Crippen molar-refractivity contribution in [3.8, 4) is 0 Å². The van der Waals surface area contributed by atoms with Crippen molar-refractivity contribution in [2.24, 2.45) is 0 Å². The minimum atomic E-state index is -1.91. The van der Waals surface area contributed by atoms with Crippen LogP contribution in [0.3, 0.4) is 0 Å². The van der Waals surface area contributed by atoms with Crippen molar-refractivity contribution in [3.63, 3.8) is 0 Å². The molecule has 0 aliphatic heterocycles. The van der Waals surface area contributed by atoms with Crippen molar-refractivity contribution >= 4 is 48.6 Å². The predicted molar refractivity (Wildman–Crippen MR) is 128 cm³/mol. The van der Waals surface area contributed by atoms with Gasteiger partial charge in [0.2, 0.25) is 0 Å². The average Bonchev–Trinajstić information content (AvgIpc) is 2.78. The van der Waals surface area contributed by atoms with E-state index in [0.717, 1.165) is 0 Å². The molecule has 0 bridgehead atoms. The smallest absolute Gasteiger partial charge is 0.293 e. The first-order chi connectivity index (χ1) is 13.8. The number of rotatable bonds is 4. The van der Waals surface area contributed by atoms with Gasteiger partial charge in [-0.15, -0.1) is 0 Å². The normalized spacial score (nSPS) is 10.4. The van der Waals surface area contributed by atoms with Gasteiger partial charge in [0.25, 0.3) is 8.47 Å². The van der Waals surface area contributed by atoms with Gasteiger partial charge in [-0.1, -0.05) is 84.4 Å². The Morgan fingerprint density at radius 2 is 0.643 bits per heavy atom. The molecule has 0 aliphatic rings. The molecule has 1 N–H and O–H groups in total. The van der Waals surface area contributed by atoms with E-state index >= 15 is 0 Å². The van der Waals surface area contributed by atoms with Gasteiger partial charge in [-0.2, -0.15) is 0 Å². The van der Waals surface area contributed by atoms with Crippen molar-refractivity contribution in [1.29, 1.82) is 0 Å². The fourth-order valence-corrected chi connectivity index (χ4v) is 7.77. The van der Waals surface area contributed by atoms with Gasteiger partial charge in [0.1, 0.15) is 28.5 Å². The quantitative estimate of drug-likeness (QED) is 0.403. The van der Waals surface area contributed by atoms with E-state index in [0.29, 0.717) is 0 Å². The van der Waals surface area contributed by atoms with E-state index < -0.39 is 15.7 Å². The lowest BCUT2D eigenvalue weighted by Crippen LogP contribution is -2.38. The molecular weight excluding hydrogens is 395 g/mol. The van der Waals surface area contributed by atoms with Crippen LogP contribution in [0.4, 0.5) is 0 Å². The van der Waals surface area contributed by atoms with Crippen molar-refractivity contribution in [2.75, 3.05) is 0 Å². The maximum atomic E-state index is 7.47. The SMILES string of the molecule is O[SiH]=S.c1ccc([P+](c2ccccc2)(c2ccccc2)c2ccccc2)cc1. The van der Waals surface area contributed by atoms with E-state index in [9.17, 15) is 0 Å². The van der Waals surface area contributed by atoms with Crippen LogP contribution in [0.1, 0.15) is 0 Å². The molecule has 0 saturated heterocycles. The molecule has 0 unspecified atom stereocenters. The highest BCUT2D eigenvalue weighted by molar-refractivity contribution is 8.01. The van der Waals surface area contributed by atoms with E-state index in [-0.39, 0.29) is 0 Å². The summed E-state index contributed by atoms with van der Waals surface area (Å²) in [5.41, 5.74) is 0. The van der Waals surface area contributed by atoms with Gasteiger partial charge in [0.15, 0.2) is 0 Å². The molecule has 0 fully saturated rings. The molecule has 1 nitrogen and oxygen atoms in total. The second-order valence-corrected chi connectivity index (χ2v) is 10.4. The van der Waals surface area contributed by atoms with Crippen molar-refractivity contribution < 1.29 is 4.80 Å². The maximum Gasteiger partial charge on any atom is 0.293 e. The molecule has 4 aromatic rings. The number of hydrogen-bond acceptors (Lipinski definition) is 1. The fourth-order valence-electron chi connectivity index (χ4n) is 3.50. The topological polar surface area (TPSA) is 20.2 Å². The fraction of sp³-hybridized carbons (Fsp3) is 0. The van der Waals surface area contributed by atoms with E-state index in [4.69, 9.17) is 4.80 Å². The van der Waals surface area contributed by atoms with Crippen LogP contribution in [0.15, 0.2) is 121 Å². The highest BCUT2D eigenvalue weighted by Crippen LogP contribution is 2.53. The van der Waals surface area contributed by atoms with E-state index in [2.05, 4.69) is 133 Å². The molecule has 4 heteroatoms. The van der Waals surface area contributed by atoms with Gasteiger partial charge in [-0.05, 0) is 48.5 Å². The highest BCUT2D eigenvalue weighted by atomic mass is 32.2. The Morgan fingerprint density at radius 3 is 0.821 bits per heavy atom. The molecule has 0 atom stereocenters. The Bertz CT molecular complexity index is 817. The summed E-state index contributed by atoms with van der Waals surface area (Å²) in [6, 6.07) is 43.8. The monoisotopic (exact) mass is 417 g/mol. The first-order valence-electron chi connectivity index (χ1n) is 9.03. The third kappa shape index (κ3) is 4.17. The highest BCUT2D eigenvalue weighted by Gasteiger charge is 2.47. The summed E-state index contributed by atoms with van der Waals surface area (Å²) in [4.78, 5) is 7.47. The van der Waals surface area contributed by atoms with Crippen LogP contribution in [0.5, 0.6) is 0 Å². The lowest BCUT2D eigenvalue weighted by Gasteiger charge is -2.27. The lowest BCUT2D eigenvalue weighted by molar-refractivity contribution is 0.626. The number of hydrogen-bond donors (Lipinski definition) is 1. The van der Waals surface area contributed by atoms with Crippen LogP contribution < -0.4 is 21.2 Å². The van der Waals surface area contributed by atoms with Gasteiger partial charge in [-0.25, -0.2) is 0 Å². The molecule has 28 heavy (non-hydrogen) atoms. The molecule has 0 heterocycles. The number of benzene rings is 4. The molecule has 0 aromatic heterocycles. The zero-order valence-corrected chi connectivity index (χ0v) is 18.3. The molecule has 0 radical (unpaired) electrons. The molecular formula is C24H22OPSSi+. The zero-order valence-electron chi connectivity index (χ0n) is 15.4. The Balaban J connectivity index is 0.000000706. The Hall–Kier alpha value is -2.45. The van der Waals surface area contributed by atoms with Gasteiger partial charge in [0, 0.05) is 0 Å². The maximum absolute atomic E-state index is 7.47. The van der Waals surface area contributed by atoms with Crippen molar-refractivity contribution in [1.82, 2.24) is 0 Å². The standard InChI is InChI=1S/C24H20P.H2OSSi/c1-5-13-21(14-6-1)25(22-15-7-2-8-16-22,23-17-9-3-10-18-23)24-19-11-4-12-20-24;1-3-2/h1-20H;1,3H/q+1;. The van der Waals surface area contributed by atoms with Gasteiger partial charge in [0.05, 0.1) is 0 Å². The molecule has 0 amide bonds. The minimum Gasteiger partial charge on any atom is -0.560 e. The Kier molecular flexibility index (Phi) is 7.38. The molecule has 0 spiro atoms. The average molecular weight is 418 g/mol. The molecule has 138 valence electrons. The second kappa shape index (κ2) is 10.2. The van der Waals surface area contributed by atoms with E-state index in [1.165, 1.54) is 21.2 Å². The van der Waals surface area contributed by atoms with Gasteiger partial charge < -0.3 is 4.80 Å². The Morgan fingerprint density at radius 1 is 0.464 bits per heavy atom. The van der Waals surface area contributed by atoms with E-state index in [1.54, 1.807) is 0 Å². The Labute approximate surface area is 174 Å². The van der Waals surface area contributed by atoms with Crippen LogP contribution in [-0.2, 0) is 0 Å². The largest absolute Gasteiger partial charge is 0.560 e. The summed E-state index contributed by atoms with van der Waals surface area (Å²) in [5, 5.41) is 5.55. The summed E-state index contributed by atoms with van der Waals surface area (Å²) in [6.45, 7) is 0. The van der Waals surface area contributed by atoms with Crippen LogP contribution in [0.2, 0.25) is 0 Å². The minimum absolute atomic E-state index is 0.667. The van der Waals surface area contributed by atoms with E-state index in [1.807, 2.05) is 0 Å². The first kappa shape index (κ1) is 20.3. The molecule has 0 aliphatic carbocycles. The predicted octanol–water partition coefficient (Wildman–Crippen LogP) is 3.75. The van der Waals surface area contributed by atoms with Crippen molar-refractivity contribution in [2.45, 2.75) is 0 Å². The van der Waals surface area contributed by atoms with Gasteiger partial charge in [-0.3, -0.25) is 0 Å². The van der Waals surface area contributed by atoms with Crippen LogP contribution >= 0.6 is 18.9 Å². The van der Waals surface area contributed by atoms with Crippen LogP contribution in [-0.4, -0.2) is 13.3 Å². The van der Waals surface area contributed by atoms with Gasteiger partial charge >= 0.3 is 0 Å². The third-order valence-corrected chi connectivity index (χ3v) is 8.86. The summed E-state index contributed by atoms with van der Waals surface area (Å²) >= 11 is 4.03. The summed E-state index contributed by atoms with van der Waals surface area (Å²) in [7, 11) is -2.57. The zero-order chi connectivity index (χ0) is 19.7. The lowest BCUT2D eigenvalue weighted by atomic mass is 10.3. The summed E-state index contributed by atoms with van der Waals surface area (Å²) in [5.74, 6) is 0. The molecule has 4 rings (SSSR count). The second-order valence-electron chi connectivity index (χ2n) is 6.12. The molecule has 0 saturated carbocycles. The summed E-state index contributed by atoms with van der Waals surface area (Å²) in [6.07, 6.45) is 0. The third-order valence-electron chi connectivity index (χ3n) is 4.57. The van der Waals surface area contributed by atoms with Crippen molar-refractivity contribution in [3.05, 3.63) is 121 Å². The first-order valence-corrected chi connectivity index (χ1v) is 13.2. The summed E-state index contributed by atoms with van der Waals surface area (Å²) < 4.78 is 0.